The number of carbonyl (C=O) groups excluding carboxylic acids is 2. The van der Waals surface area contributed by atoms with Gasteiger partial charge >= 0.3 is 11.9 Å². The Labute approximate surface area is 100 Å². The molecule has 0 aliphatic carbocycles. The maximum atomic E-state index is 11.6. The van der Waals surface area contributed by atoms with Crippen molar-refractivity contribution < 1.29 is 19.5 Å². The van der Waals surface area contributed by atoms with Crippen LogP contribution in [-0.2, 0) is 14.4 Å². The SMILES string of the molecule is Nc1ccc2c(c1)N(C(=O)C(=O)O)C(=O)CS2. The molecule has 88 valence electrons. The number of imide groups is 1. The first kappa shape index (κ1) is 11.5. The zero-order chi connectivity index (χ0) is 12.6. The van der Waals surface area contributed by atoms with Gasteiger partial charge in [-0.2, -0.15) is 0 Å². The number of fused-ring (bicyclic) bond motifs is 1. The zero-order valence-corrected chi connectivity index (χ0v) is 9.36. The van der Waals surface area contributed by atoms with Gasteiger partial charge in [-0.3, -0.25) is 9.59 Å². The first-order valence-corrected chi connectivity index (χ1v) is 5.62. The molecule has 0 fully saturated rings. The van der Waals surface area contributed by atoms with Crippen molar-refractivity contribution in [2.45, 2.75) is 4.90 Å². The average Bonchev–Trinajstić information content (AvgIpc) is 2.27. The number of nitrogens with zero attached hydrogens (tertiary/aromatic N) is 1. The number of hydrogen-bond donors (Lipinski definition) is 2. The third kappa shape index (κ3) is 1.96. The minimum absolute atomic E-state index is 0.0376. The summed E-state index contributed by atoms with van der Waals surface area (Å²) in [6, 6.07) is 4.70. The van der Waals surface area contributed by atoms with E-state index in [1.807, 2.05) is 0 Å². The number of thioether (sulfide) groups is 1. The first-order valence-electron chi connectivity index (χ1n) is 4.63. The second-order valence-corrected chi connectivity index (χ2v) is 4.37. The molecule has 1 aromatic carbocycles. The highest BCUT2D eigenvalue weighted by Crippen LogP contribution is 2.36. The van der Waals surface area contributed by atoms with E-state index in [0.717, 1.165) is 0 Å². The van der Waals surface area contributed by atoms with Crippen LogP contribution in [0.3, 0.4) is 0 Å². The molecule has 0 unspecified atom stereocenters. The number of nitrogen functional groups attached to an aromatic ring is 1. The predicted octanol–water partition coefficient (Wildman–Crippen LogP) is 0.319. The molecule has 0 saturated carbocycles. The Hall–Kier alpha value is -2.02. The monoisotopic (exact) mass is 252 g/mol. The van der Waals surface area contributed by atoms with Crippen molar-refractivity contribution in [2.24, 2.45) is 0 Å². The van der Waals surface area contributed by atoms with Gasteiger partial charge in [-0.05, 0) is 18.2 Å². The number of carboxylic acid groups (broad SMARTS) is 1. The number of carboxylic acids is 1. The van der Waals surface area contributed by atoms with Crippen LogP contribution in [0.2, 0.25) is 0 Å². The fourth-order valence-electron chi connectivity index (χ4n) is 1.49. The Balaban J connectivity index is 2.53. The van der Waals surface area contributed by atoms with E-state index in [1.54, 1.807) is 12.1 Å². The Morgan fingerprint density at radius 1 is 1.41 bits per heavy atom. The third-order valence-electron chi connectivity index (χ3n) is 2.21. The van der Waals surface area contributed by atoms with Gasteiger partial charge in [0.25, 0.3) is 0 Å². The summed E-state index contributed by atoms with van der Waals surface area (Å²) in [4.78, 5) is 35.0. The summed E-state index contributed by atoms with van der Waals surface area (Å²) in [7, 11) is 0. The van der Waals surface area contributed by atoms with Crippen LogP contribution in [0.25, 0.3) is 0 Å². The Bertz CT molecular complexity index is 529. The molecule has 0 spiro atoms. The van der Waals surface area contributed by atoms with Gasteiger partial charge in [0.1, 0.15) is 0 Å². The minimum atomic E-state index is -1.67. The third-order valence-corrected chi connectivity index (χ3v) is 3.26. The molecule has 1 aromatic rings. The van der Waals surface area contributed by atoms with Crippen molar-refractivity contribution in [1.29, 1.82) is 0 Å². The van der Waals surface area contributed by atoms with E-state index in [2.05, 4.69) is 0 Å². The van der Waals surface area contributed by atoms with Crippen LogP contribution in [0, 0.1) is 0 Å². The molecule has 1 heterocycles. The number of benzene rings is 1. The van der Waals surface area contributed by atoms with E-state index in [0.29, 0.717) is 15.5 Å². The minimum Gasteiger partial charge on any atom is -0.474 e. The molecule has 2 rings (SSSR count). The summed E-state index contributed by atoms with van der Waals surface area (Å²) in [6.45, 7) is 0. The number of nitrogens with two attached hydrogens (primary N) is 1. The topological polar surface area (TPSA) is 101 Å². The number of rotatable bonds is 0. The highest BCUT2D eigenvalue weighted by Gasteiger charge is 2.33. The van der Waals surface area contributed by atoms with Crippen LogP contribution in [0.5, 0.6) is 0 Å². The fraction of sp³-hybridized carbons (Fsp3) is 0.100. The van der Waals surface area contributed by atoms with Gasteiger partial charge in [0.05, 0.1) is 11.4 Å². The van der Waals surface area contributed by atoms with Crippen molar-refractivity contribution in [3.63, 3.8) is 0 Å². The van der Waals surface area contributed by atoms with Crippen molar-refractivity contribution in [2.75, 3.05) is 16.4 Å². The molecule has 2 amide bonds. The molecule has 0 atom stereocenters. The van der Waals surface area contributed by atoms with Gasteiger partial charge in [-0.25, -0.2) is 9.69 Å². The lowest BCUT2D eigenvalue weighted by Gasteiger charge is -2.25. The Morgan fingerprint density at radius 3 is 2.76 bits per heavy atom. The second-order valence-electron chi connectivity index (χ2n) is 3.36. The molecule has 1 aliphatic rings. The summed E-state index contributed by atoms with van der Waals surface area (Å²) in [5.41, 5.74) is 6.16. The lowest BCUT2D eigenvalue weighted by atomic mass is 10.2. The quantitative estimate of drug-likeness (QED) is 0.509. The second kappa shape index (κ2) is 4.10. The van der Waals surface area contributed by atoms with Crippen LogP contribution < -0.4 is 10.6 Å². The molecular weight excluding hydrogens is 244 g/mol. The molecule has 17 heavy (non-hydrogen) atoms. The van der Waals surface area contributed by atoms with Gasteiger partial charge in [-0.15, -0.1) is 11.8 Å². The zero-order valence-electron chi connectivity index (χ0n) is 8.54. The van der Waals surface area contributed by atoms with E-state index >= 15 is 0 Å². The smallest absolute Gasteiger partial charge is 0.395 e. The maximum Gasteiger partial charge on any atom is 0.395 e. The summed E-state index contributed by atoms with van der Waals surface area (Å²) in [5.74, 6) is -3.45. The van der Waals surface area contributed by atoms with Crippen LogP contribution in [0.1, 0.15) is 0 Å². The number of anilines is 2. The van der Waals surface area contributed by atoms with E-state index in [1.165, 1.54) is 17.8 Å². The van der Waals surface area contributed by atoms with E-state index in [-0.39, 0.29) is 11.4 Å². The molecular formula is C10H8N2O4S. The van der Waals surface area contributed by atoms with Crippen molar-refractivity contribution in [3.05, 3.63) is 18.2 Å². The van der Waals surface area contributed by atoms with E-state index in [4.69, 9.17) is 10.8 Å². The summed E-state index contributed by atoms with van der Waals surface area (Å²) >= 11 is 1.25. The van der Waals surface area contributed by atoms with Gasteiger partial charge in [-0.1, -0.05) is 0 Å². The van der Waals surface area contributed by atoms with Crippen molar-refractivity contribution in [3.8, 4) is 0 Å². The number of carbonyl (C=O) groups is 3. The number of amides is 2. The molecule has 7 heteroatoms. The standard InChI is InChI=1S/C10H8N2O4S/c11-5-1-2-7-6(3-5)12(8(13)4-17-7)9(14)10(15)16/h1-3H,4,11H2,(H,15,16). The van der Waals surface area contributed by atoms with Crippen LogP contribution in [0.15, 0.2) is 23.1 Å². The molecule has 0 aromatic heterocycles. The largest absolute Gasteiger partial charge is 0.474 e. The fourth-order valence-corrected chi connectivity index (χ4v) is 2.36. The van der Waals surface area contributed by atoms with Crippen LogP contribution in [0.4, 0.5) is 11.4 Å². The molecule has 6 nitrogen and oxygen atoms in total. The predicted molar refractivity (Wildman–Crippen MR) is 61.7 cm³/mol. The number of hydrogen-bond acceptors (Lipinski definition) is 5. The Kier molecular flexibility index (Phi) is 2.76. The van der Waals surface area contributed by atoms with Crippen LogP contribution >= 0.6 is 11.8 Å². The maximum absolute atomic E-state index is 11.6. The van der Waals surface area contributed by atoms with Crippen LogP contribution in [-0.4, -0.2) is 28.6 Å². The van der Waals surface area contributed by atoms with Gasteiger partial charge in [0, 0.05) is 10.6 Å². The van der Waals surface area contributed by atoms with E-state index < -0.39 is 17.8 Å². The summed E-state index contributed by atoms with van der Waals surface area (Å²) < 4.78 is 0. The van der Waals surface area contributed by atoms with Crippen molar-refractivity contribution >= 4 is 40.9 Å². The average molecular weight is 252 g/mol. The van der Waals surface area contributed by atoms with Gasteiger partial charge in [0.15, 0.2) is 0 Å². The van der Waals surface area contributed by atoms with E-state index in [9.17, 15) is 14.4 Å². The van der Waals surface area contributed by atoms with Gasteiger partial charge in [0.2, 0.25) is 5.91 Å². The van der Waals surface area contributed by atoms with Crippen molar-refractivity contribution in [1.82, 2.24) is 0 Å². The first-order chi connectivity index (χ1) is 8.00. The normalized spacial score (nSPS) is 14.4. The molecule has 0 radical (unpaired) electrons. The molecule has 0 bridgehead atoms. The Morgan fingerprint density at radius 2 is 2.12 bits per heavy atom. The molecule has 0 saturated heterocycles. The highest BCUT2D eigenvalue weighted by molar-refractivity contribution is 8.00. The highest BCUT2D eigenvalue weighted by atomic mass is 32.2. The molecule has 1 aliphatic heterocycles. The summed E-state index contributed by atoms with van der Waals surface area (Å²) in [6.07, 6.45) is 0. The summed E-state index contributed by atoms with van der Waals surface area (Å²) in [5, 5.41) is 8.67. The lowest BCUT2D eigenvalue weighted by molar-refractivity contribution is -0.149. The lowest BCUT2D eigenvalue weighted by Crippen LogP contribution is -2.44. The number of aliphatic carboxylic acids is 1. The van der Waals surface area contributed by atoms with Gasteiger partial charge < -0.3 is 10.8 Å². The molecule has 3 N–H and O–H groups in total.